The highest BCUT2D eigenvalue weighted by Gasteiger charge is 2.19. The molecule has 0 aliphatic carbocycles. The standard InChI is InChI=1S/C15H18N2O2S/c1-20-11-8-14(17-9-2-3-10-17)15(19)16-12-4-6-13(18)7-5-12/h2-7,9-10,14,18H,8,11H2,1H3,(H,16,19)/t14-/m0/s1. The molecule has 0 unspecified atom stereocenters. The number of nitrogens with one attached hydrogen (secondary N) is 1. The normalized spacial score (nSPS) is 12.1. The molecule has 0 saturated heterocycles. The number of anilines is 1. The van der Waals surface area contributed by atoms with Crippen molar-refractivity contribution in [3.63, 3.8) is 0 Å². The molecule has 4 nitrogen and oxygen atoms in total. The van der Waals surface area contributed by atoms with E-state index in [4.69, 9.17) is 0 Å². The zero-order chi connectivity index (χ0) is 14.4. The van der Waals surface area contributed by atoms with Crippen LogP contribution in [0.25, 0.3) is 0 Å². The maximum atomic E-state index is 12.4. The fourth-order valence-corrected chi connectivity index (χ4v) is 2.43. The van der Waals surface area contributed by atoms with Crippen LogP contribution < -0.4 is 5.32 Å². The number of phenols is 1. The molecule has 0 aliphatic rings. The van der Waals surface area contributed by atoms with Crippen LogP contribution in [0.3, 0.4) is 0 Å². The number of aromatic hydroxyl groups is 1. The largest absolute Gasteiger partial charge is 0.508 e. The molecule has 0 aliphatic heterocycles. The average Bonchev–Trinajstić information content (AvgIpc) is 2.96. The lowest BCUT2D eigenvalue weighted by molar-refractivity contribution is -0.119. The van der Waals surface area contributed by atoms with Gasteiger partial charge in [0, 0.05) is 18.1 Å². The third-order valence-electron chi connectivity index (χ3n) is 3.02. The lowest BCUT2D eigenvalue weighted by atomic mass is 10.2. The quantitative estimate of drug-likeness (QED) is 0.804. The third-order valence-corrected chi connectivity index (χ3v) is 3.66. The molecule has 1 aromatic carbocycles. The predicted molar refractivity (Wildman–Crippen MR) is 83.2 cm³/mol. The molecule has 2 aromatic rings. The van der Waals surface area contributed by atoms with Gasteiger partial charge in [-0.2, -0.15) is 11.8 Å². The molecule has 0 fully saturated rings. The van der Waals surface area contributed by atoms with Crippen molar-refractivity contribution in [1.82, 2.24) is 4.57 Å². The van der Waals surface area contributed by atoms with Gasteiger partial charge in [-0.3, -0.25) is 4.79 Å². The lowest BCUT2D eigenvalue weighted by Gasteiger charge is -2.18. The fourth-order valence-electron chi connectivity index (χ4n) is 1.97. The molecule has 0 bridgehead atoms. The minimum Gasteiger partial charge on any atom is -0.508 e. The zero-order valence-electron chi connectivity index (χ0n) is 11.3. The van der Waals surface area contributed by atoms with Crippen LogP contribution >= 0.6 is 11.8 Å². The monoisotopic (exact) mass is 290 g/mol. The van der Waals surface area contributed by atoms with Crippen LogP contribution in [0.2, 0.25) is 0 Å². The summed E-state index contributed by atoms with van der Waals surface area (Å²) >= 11 is 1.73. The molecule has 2 N–H and O–H groups in total. The molecular formula is C15H18N2O2S. The number of rotatable bonds is 6. The lowest BCUT2D eigenvalue weighted by Crippen LogP contribution is -2.25. The zero-order valence-corrected chi connectivity index (χ0v) is 12.1. The summed E-state index contributed by atoms with van der Waals surface area (Å²) in [6.07, 6.45) is 6.62. The summed E-state index contributed by atoms with van der Waals surface area (Å²) in [5.74, 6) is 1.07. The van der Waals surface area contributed by atoms with Crippen molar-refractivity contribution in [2.75, 3.05) is 17.3 Å². The fraction of sp³-hybridized carbons (Fsp3) is 0.267. The Morgan fingerprint density at radius 1 is 1.30 bits per heavy atom. The van der Waals surface area contributed by atoms with Crippen LogP contribution in [-0.4, -0.2) is 27.6 Å². The van der Waals surface area contributed by atoms with Gasteiger partial charge in [0.05, 0.1) is 0 Å². The number of aromatic nitrogens is 1. The second-order valence-electron chi connectivity index (χ2n) is 4.46. The Hall–Kier alpha value is -1.88. The Morgan fingerprint density at radius 3 is 2.55 bits per heavy atom. The van der Waals surface area contributed by atoms with Crippen LogP contribution in [0, 0.1) is 0 Å². The number of carbonyl (C=O) groups is 1. The number of phenolic OH excluding ortho intramolecular Hbond substituents is 1. The summed E-state index contributed by atoms with van der Waals surface area (Å²) in [7, 11) is 0. The van der Waals surface area contributed by atoms with Crippen molar-refractivity contribution < 1.29 is 9.90 Å². The Labute approximate surface area is 122 Å². The molecule has 0 radical (unpaired) electrons. The van der Waals surface area contributed by atoms with E-state index in [1.807, 2.05) is 35.3 Å². The molecule has 20 heavy (non-hydrogen) atoms. The van der Waals surface area contributed by atoms with Crippen LogP contribution in [0.1, 0.15) is 12.5 Å². The van der Waals surface area contributed by atoms with Crippen LogP contribution in [0.5, 0.6) is 5.75 Å². The molecule has 0 saturated carbocycles. The minimum absolute atomic E-state index is 0.0408. The van der Waals surface area contributed by atoms with Gasteiger partial charge < -0.3 is 15.0 Å². The maximum absolute atomic E-state index is 12.4. The third kappa shape index (κ3) is 3.81. The van der Waals surface area contributed by atoms with E-state index in [0.29, 0.717) is 5.69 Å². The van der Waals surface area contributed by atoms with Gasteiger partial charge in [0.1, 0.15) is 11.8 Å². The van der Waals surface area contributed by atoms with Gasteiger partial charge in [0.25, 0.3) is 0 Å². The summed E-state index contributed by atoms with van der Waals surface area (Å²) in [5, 5.41) is 12.1. The van der Waals surface area contributed by atoms with Crippen LogP contribution in [-0.2, 0) is 4.79 Å². The Balaban J connectivity index is 2.08. The number of benzene rings is 1. The van der Waals surface area contributed by atoms with E-state index < -0.39 is 0 Å². The first-order valence-corrected chi connectivity index (χ1v) is 7.81. The topological polar surface area (TPSA) is 54.3 Å². The van der Waals surface area contributed by atoms with Crippen molar-refractivity contribution >= 4 is 23.4 Å². The van der Waals surface area contributed by atoms with Gasteiger partial charge in [-0.1, -0.05) is 0 Å². The Morgan fingerprint density at radius 2 is 1.95 bits per heavy atom. The Kier molecular flexibility index (Phi) is 5.12. The van der Waals surface area contributed by atoms with Crippen LogP contribution in [0.15, 0.2) is 48.8 Å². The summed E-state index contributed by atoms with van der Waals surface area (Å²) < 4.78 is 1.92. The number of hydrogen-bond donors (Lipinski definition) is 2. The first kappa shape index (κ1) is 14.5. The summed E-state index contributed by atoms with van der Waals surface area (Å²) in [5.41, 5.74) is 0.689. The second-order valence-corrected chi connectivity index (χ2v) is 5.45. The predicted octanol–water partition coefficient (Wildman–Crippen LogP) is 3.13. The number of nitrogens with zero attached hydrogens (tertiary/aromatic N) is 1. The first-order chi connectivity index (χ1) is 9.70. The molecule has 5 heteroatoms. The van der Waals surface area contributed by atoms with Gasteiger partial charge in [0.15, 0.2) is 0 Å². The molecule has 2 rings (SSSR count). The highest BCUT2D eigenvalue weighted by atomic mass is 32.2. The van der Waals surface area contributed by atoms with Gasteiger partial charge >= 0.3 is 0 Å². The van der Waals surface area contributed by atoms with Gasteiger partial charge in [0.2, 0.25) is 5.91 Å². The highest BCUT2D eigenvalue weighted by Crippen LogP contribution is 2.19. The van der Waals surface area contributed by atoms with Crippen molar-refractivity contribution in [3.8, 4) is 5.75 Å². The minimum atomic E-state index is -0.216. The SMILES string of the molecule is CSCC[C@@H](C(=O)Nc1ccc(O)cc1)n1cccc1. The number of hydrogen-bond acceptors (Lipinski definition) is 3. The molecule has 1 atom stereocenters. The first-order valence-electron chi connectivity index (χ1n) is 6.42. The number of amides is 1. The van der Waals surface area contributed by atoms with E-state index >= 15 is 0 Å². The van der Waals surface area contributed by atoms with Crippen LogP contribution in [0.4, 0.5) is 5.69 Å². The van der Waals surface area contributed by atoms with E-state index in [0.717, 1.165) is 12.2 Å². The van der Waals surface area contributed by atoms with Crippen molar-refractivity contribution in [3.05, 3.63) is 48.8 Å². The molecule has 1 heterocycles. The Bertz CT molecular complexity index is 538. The van der Waals surface area contributed by atoms with Crippen molar-refractivity contribution in [2.45, 2.75) is 12.5 Å². The van der Waals surface area contributed by atoms with Crippen molar-refractivity contribution in [1.29, 1.82) is 0 Å². The highest BCUT2D eigenvalue weighted by molar-refractivity contribution is 7.98. The smallest absolute Gasteiger partial charge is 0.247 e. The van der Waals surface area contributed by atoms with Gasteiger partial charge in [-0.05, 0) is 54.8 Å². The van der Waals surface area contributed by atoms with E-state index in [9.17, 15) is 9.90 Å². The molecule has 1 aromatic heterocycles. The number of thioether (sulfide) groups is 1. The summed E-state index contributed by atoms with van der Waals surface area (Å²) in [6.45, 7) is 0. The van der Waals surface area contributed by atoms with Crippen molar-refractivity contribution in [2.24, 2.45) is 0 Å². The summed E-state index contributed by atoms with van der Waals surface area (Å²) in [6, 6.07) is 10.1. The number of carbonyl (C=O) groups excluding carboxylic acids is 1. The maximum Gasteiger partial charge on any atom is 0.247 e. The molecule has 1 amide bonds. The molecule has 0 spiro atoms. The summed E-state index contributed by atoms with van der Waals surface area (Å²) in [4.78, 5) is 12.4. The second kappa shape index (κ2) is 7.05. The van der Waals surface area contributed by atoms with E-state index in [1.165, 1.54) is 0 Å². The average molecular weight is 290 g/mol. The van der Waals surface area contributed by atoms with Gasteiger partial charge in [-0.25, -0.2) is 0 Å². The van der Waals surface area contributed by atoms with E-state index in [-0.39, 0.29) is 17.7 Å². The van der Waals surface area contributed by atoms with Gasteiger partial charge in [-0.15, -0.1) is 0 Å². The van der Waals surface area contributed by atoms with E-state index in [1.54, 1.807) is 36.0 Å². The van der Waals surface area contributed by atoms with E-state index in [2.05, 4.69) is 5.32 Å². The molecule has 106 valence electrons. The molecular weight excluding hydrogens is 272 g/mol.